The Hall–Kier alpha value is -14.5. The summed E-state index contributed by atoms with van der Waals surface area (Å²) in [5, 5.41) is 0. The lowest BCUT2D eigenvalue weighted by Gasteiger charge is -2.50. The molecule has 0 atom stereocenters. The molecular weight excluding hydrogens is 1360 g/mol. The minimum absolute atomic E-state index is 0.839. The summed E-state index contributed by atoms with van der Waals surface area (Å²) in [5.74, 6) is 0. The van der Waals surface area contributed by atoms with E-state index in [2.05, 4.69) is 492 Å². The maximum Gasteiger partial charge on any atom is 0.0743 e. The Morgan fingerprint density at radius 1 is 0.161 bits per heavy atom. The average molecular weight is 1440 g/mol. The third kappa shape index (κ3) is 11.9. The Bertz CT molecular complexity index is 5560. The molecule has 0 spiro atoms. The van der Waals surface area contributed by atoms with Gasteiger partial charge in [-0.05, 0) is 237 Å². The molecule has 17 aromatic rings. The van der Waals surface area contributed by atoms with E-state index in [1.54, 1.807) is 0 Å². The second-order valence-electron chi connectivity index (χ2n) is 28.9. The van der Waals surface area contributed by atoms with Crippen LogP contribution in [0, 0.1) is 0 Å². The van der Waals surface area contributed by atoms with Gasteiger partial charge in [0.2, 0.25) is 0 Å². The summed E-state index contributed by atoms with van der Waals surface area (Å²) in [4.78, 5) is 14.4. The van der Waals surface area contributed by atoms with Gasteiger partial charge in [-0.1, -0.05) is 279 Å². The zero-order chi connectivity index (χ0) is 75.0. The zero-order valence-electron chi connectivity index (χ0n) is 62.4. The monoisotopic (exact) mass is 1440 g/mol. The summed E-state index contributed by atoms with van der Waals surface area (Å²) in [6, 6.07) is 165. The minimum atomic E-state index is -0.839. The van der Waals surface area contributed by atoms with Crippen molar-refractivity contribution in [1.82, 2.24) is 0 Å². The molecule has 0 saturated carbocycles. The van der Waals surface area contributed by atoms with E-state index >= 15 is 0 Å². The number of para-hydroxylation sites is 6. The number of fused-ring (bicyclic) bond motifs is 4. The fraction of sp³-hybridized carbons (Fsp3) is 0.0377. The normalized spacial score (nSPS) is 12.8. The van der Waals surface area contributed by atoms with Crippen molar-refractivity contribution in [2.75, 3.05) is 43.5 Å². The van der Waals surface area contributed by atoms with Gasteiger partial charge in [0.1, 0.15) is 0 Å². The maximum atomic E-state index is 2.56. The van der Waals surface area contributed by atoms with Crippen LogP contribution in [0.2, 0.25) is 0 Å². The van der Waals surface area contributed by atoms with Gasteiger partial charge in [-0.2, -0.15) is 0 Å². The maximum absolute atomic E-state index is 2.56. The SMILES string of the molecule is CN1c2ccc(N(c3ccccc3)c3ccc(-c4ccc(N(c5ccccc5)c5ccccc5)cc4)cc3)cc2C(c2ccccc2)(c2ccccc2)c2cc3c(cc21)C(c1ccccc1)(c1ccccc1)c1cc(N(c2ccccc2)c2ccc(-c4ccc(N(c5ccccc5)c5ccccc5)cc4)cc2)ccc1N3C. The summed E-state index contributed by atoms with van der Waals surface area (Å²) in [6.07, 6.45) is 0. The van der Waals surface area contributed by atoms with Gasteiger partial charge in [-0.15, -0.1) is 0 Å². The fourth-order valence-corrected chi connectivity index (χ4v) is 17.6. The first-order valence-corrected chi connectivity index (χ1v) is 38.5. The van der Waals surface area contributed by atoms with E-state index in [0.29, 0.717) is 0 Å². The highest BCUT2D eigenvalue weighted by atomic mass is 15.2. The van der Waals surface area contributed by atoms with Crippen molar-refractivity contribution in [1.29, 1.82) is 0 Å². The predicted molar refractivity (Wildman–Crippen MR) is 469 cm³/mol. The van der Waals surface area contributed by atoms with Gasteiger partial charge in [-0.3, -0.25) is 0 Å². The summed E-state index contributed by atoms with van der Waals surface area (Å²) in [7, 11) is 4.55. The highest BCUT2D eigenvalue weighted by molar-refractivity contribution is 5.94. The molecule has 0 aliphatic carbocycles. The minimum Gasteiger partial charge on any atom is -0.344 e. The molecule has 6 heteroatoms. The van der Waals surface area contributed by atoms with Crippen LogP contribution >= 0.6 is 0 Å². The van der Waals surface area contributed by atoms with Gasteiger partial charge >= 0.3 is 0 Å². The van der Waals surface area contributed by atoms with Crippen LogP contribution in [0.4, 0.5) is 91.0 Å². The summed E-state index contributed by atoms with van der Waals surface area (Å²) < 4.78 is 0. The van der Waals surface area contributed by atoms with E-state index in [-0.39, 0.29) is 0 Å². The van der Waals surface area contributed by atoms with Crippen LogP contribution in [0.3, 0.4) is 0 Å². The van der Waals surface area contributed by atoms with Gasteiger partial charge in [0, 0.05) is 105 Å². The van der Waals surface area contributed by atoms with Crippen LogP contribution in [0.5, 0.6) is 0 Å². The quantitative estimate of drug-likeness (QED) is 0.0847. The van der Waals surface area contributed by atoms with Crippen LogP contribution in [-0.2, 0) is 10.8 Å². The molecule has 19 rings (SSSR count). The molecule has 6 nitrogen and oxygen atoms in total. The third-order valence-corrected chi connectivity index (χ3v) is 22.7. The standard InChI is InChI=1S/C106H80N6/c1-107-101-71-69-95(111(89-49-29-11-30-50-89)93-65-57-79(58-66-93)77-53-61-91(62-54-77)109(85-41-21-7-22-42-85)86-43-23-8-24-44-86)73-97(101)105(81-33-13-3-14-34-81,82-35-15-4-16-36-82)99-76-104-100(75-103(99)107)106(83-37-17-5-18-38-83,84-39-19-6-20-40-84)98-74-96(70-72-102(98)108(104)2)112(90-51-31-12-32-52-90)94-67-59-80(60-68-94)78-55-63-92(64-56-78)110(87-45-25-9-26-46-87)88-47-27-10-28-48-88/h3-76H,1-2H3. The first kappa shape index (κ1) is 68.1. The van der Waals surface area contributed by atoms with E-state index in [1.807, 2.05) is 0 Å². The Kier molecular flexibility index (Phi) is 17.8. The second-order valence-corrected chi connectivity index (χ2v) is 28.9. The van der Waals surface area contributed by atoms with Crippen LogP contribution in [0.25, 0.3) is 22.3 Å². The molecule has 17 aromatic carbocycles. The largest absolute Gasteiger partial charge is 0.344 e. The van der Waals surface area contributed by atoms with Gasteiger partial charge in [0.25, 0.3) is 0 Å². The van der Waals surface area contributed by atoms with Crippen LogP contribution in [-0.4, -0.2) is 14.1 Å². The zero-order valence-corrected chi connectivity index (χ0v) is 62.4. The molecule has 0 saturated heterocycles. The highest BCUT2D eigenvalue weighted by Crippen LogP contribution is 2.63. The number of hydrogen-bond acceptors (Lipinski definition) is 6. The van der Waals surface area contributed by atoms with Gasteiger partial charge in [0.15, 0.2) is 0 Å². The molecule has 0 fully saturated rings. The van der Waals surface area contributed by atoms with Crippen molar-refractivity contribution in [3.8, 4) is 22.3 Å². The van der Waals surface area contributed by atoms with Gasteiger partial charge < -0.3 is 29.4 Å². The van der Waals surface area contributed by atoms with Crippen LogP contribution in [0.15, 0.2) is 449 Å². The molecule has 0 aromatic heterocycles. The molecule has 2 aliphatic heterocycles. The molecule has 0 radical (unpaired) electrons. The Morgan fingerprint density at radius 3 is 0.545 bits per heavy atom. The first-order valence-electron chi connectivity index (χ1n) is 38.5. The van der Waals surface area contributed by atoms with E-state index in [0.717, 1.165) is 113 Å². The fourth-order valence-electron chi connectivity index (χ4n) is 17.6. The highest BCUT2D eigenvalue weighted by Gasteiger charge is 2.51. The van der Waals surface area contributed by atoms with E-state index < -0.39 is 10.8 Å². The average Bonchev–Trinajstić information content (AvgIpc) is 0.676. The topological polar surface area (TPSA) is 19.4 Å². The number of hydrogen-bond donors (Lipinski definition) is 0. The molecule has 112 heavy (non-hydrogen) atoms. The number of nitrogens with zero attached hydrogens (tertiary/aromatic N) is 6. The van der Waals surface area contributed by atoms with Crippen molar-refractivity contribution in [2.45, 2.75) is 10.8 Å². The van der Waals surface area contributed by atoms with E-state index in [4.69, 9.17) is 0 Å². The van der Waals surface area contributed by atoms with Crippen molar-refractivity contribution >= 4 is 91.0 Å². The Labute approximate surface area is 656 Å². The molecule has 534 valence electrons. The smallest absolute Gasteiger partial charge is 0.0743 e. The summed E-state index contributed by atoms with van der Waals surface area (Å²) in [5.41, 5.74) is 29.7. The molecular formula is C106H80N6. The molecule has 2 heterocycles. The number of rotatable bonds is 18. The van der Waals surface area contributed by atoms with Gasteiger partial charge in [-0.25, -0.2) is 0 Å². The molecule has 0 amide bonds. The summed E-state index contributed by atoms with van der Waals surface area (Å²) in [6.45, 7) is 0. The van der Waals surface area contributed by atoms with E-state index in [9.17, 15) is 0 Å². The van der Waals surface area contributed by atoms with Crippen LogP contribution < -0.4 is 29.4 Å². The second kappa shape index (κ2) is 29.3. The van der Waals surface area contributed by atoms with Gasteiger partial charge in [0.05, 0.1) is 10.8 Å². The van der Waals surface area contributed by atoms with Crippen molar-refractivity contribution < 1.29 is 0 Å². The Morgan fingerprint density at radius 2 is 0.330 bits per heavy atom. The Balaban J connectivity index is 0.745. The number of benzene rings is 17. The first-order chi connectivity index (χ1) is 55.4. The lowest BCUT2D eigenvalue weighted by molar-refractivity contribution is 0.706. The van der Waals surface area contributed by atoms with E-state index in [1.165, 1.54) is 44.5 Å². The third-order valence-electron chi connectivity index (χ3n) is 22.7. The predicted octanol–water partition coefficient (Wildman–Crippen LogP) is 27.8. The molecule has 2 aliphatic rings. The molecule has 0 bridgehead atoms. The lowest BCUT2D eigenvalue weighted by Crippen LogP contribution is -2.41. The van der Waals surface area contributed by atoms with Crippen molar-refractivity contribution in [2.24, 2.45) is 0 Å². The molecule has 0 N–H and O–H groups in total. The molecule has 0 unspecified atom stereocenters. The van der Waals surface area contributed by atoms with Crippen molar-refractivity contribution in [3.05, 3.63) is 493 Å². The number of anilines is 16. The lowest BCUT2D eigenvalue weighted by atomic mass is 9.59. The summed E-state index contributed by atoms with van der Waals surface area (Å²) >= 11 is 0. The van der Waals surface area contributed by atoms with Crippen molar-refractivity contribution in [3.63, 3.8) is 0 Å². The van der Waals surface area contributed by atoms with Crippen LogP contribution in [0.1, 0.15) is 44.5 Å².